The minimum Gasteiger partial charge on any atom is -0.462 e. The molecule has 0 saturated carbocycles. The highest BCUT2D eigenvalue weighted by molar-refractivity contribution is 5.71. The van der Waals surface area contributed by atoms with Gasteiger partial charge in [-0.1, -0.05) is 232 Å². The summed E-state index contributed by atoms with van der Waals surface area (Å²) < 4.78 is 16.7. The zero-order valence-corrected chi connectivity index (χ0v) is 44.5. The highest BCUT2D eigenvalue weighted by atomic mass is 16.6. The second kappa shape index (κ2) is 56.4. The molecule has 1 atom stereocenters. The van der Waals surface area contributed by atoms with Crippen molar-refractivity contribution in [1.29, 1.82) is 0 Å². The number of esters is 3. The molecule has 0 aliphatic heterocycles. The molecule has 1 unspecified atom stereocenters. The van der Waals surface area contributed by atoms with Crippen LogP contribution in [0.4, 0.5) is 0 Å². The summed E-state index contributed by atoms with van der Waals surface area (Å²) in [5, 5.41) is 0. The van der Waals surface area contributed by atoms with Crippen LogP contribution in [-0.2, 0) is 28.6 Å². The molecular formula is C63H102O6. The Kier molecular flexibility index (Phi) is 53.0. The first-order valence-corrected chi connectivity index (χ1v) is 28.0. The number of hydrogen-bond donors (Lipinski definition) is 0. The van der Waals surface area contributed by atoms with Crippen molar-refractivity contribution >= 4 is 17.9 Å². The standard InChI is InChI=1S/C63H102O6/c1-4-7-10-13-16-19-22-23-24-25-26-27-28-29-30-31-32-33-34-35-36-37-38-39-40-41-42-45-47-50-53-56-62(65)68-59-60(69-63(66)57-54-51-48-44-21-18-15-12-9-6-3)58-67-61(64)55-52-49-46-43-20-17-14-11-8-5-2/h7,10,12,15-16,19,23-24,26-27,29-30,32-33,35-36,38-39,41-42,60H,4-6,8-9,11,13-14,17-18,20-22,25,28,31,34,37,40,43-59H2,1-3H3/b10-7-,15-12-,19-16-,24-23-,27-26-,30-29-,33-32-,36-35-,39-38-,42-41-. The van der Waals surface area contributed by atoms with Gasteiger partial charge in [0.1, 0.15) is 13.2 Å². The topological polar surface area (TPSA) is 78.9 Å². The molecular weight excluding hydrogens is 853 g/mol. The first-order valence-electron chi connectivity index (χ1n) is 28.0. The van der Waals surface area contributed by atoms with E-state index in [1.807, 2.05) is 0 Å². The molecule has 69 heavy (non-hydrogen) atoms. The lowest BCUT2D eigenvalue weighted by Crippen LogP contribution is -2.30. The van der Waals surface area contributed by atoms with Gasteiger partial charge in [0.2, 0.25) is 0 Å². The summed E-state index contributed by atoms with van der Waals surface area (Å²) >= 11 is 0. The lowest BCUT2D eigenvalue weighted by atomic mass is 10.1. The fourth-order valence-corrected chi connectivity index (χ4v) is 7.26. The molecule has 6 nitrogen and oxygen atoms in total. The van der Waals surface area contributed by atoms with Gasteiger partial charge in [-0.25, -0.2) is 0 Å². The average molecular weight is 956 g/mol. The summed E-state index contributed by atoms with van der Waals surface area (Å²) in [6, 6.07) is 0. The van der Waals surface area contributed by atoms with Gasteiger partial charge in [0.25, 0.3) is 0 Å². The number of allylic oxidation sites excluding steroid dienone is 20. The quantitative estimate of drug-likeness (QED) is 0.0262. The molecule has 0 fully saturated rings. The van der Waals surface area contributed by atoms with Crippen LogP contribution < -0.4 is 0 Å². The molecule has 0 spiro atoms. The molecule has 0 aliphatic rings. The summed E-state index contributed by atoms with van der Waals surface area (Å²) in [6.07, 6.45) is 77.8. The Labute approximate surface area is 424 Å². The molecule has 390 valence electrons. The lowest BCUT2D eigenvalue weighted by molar-refractivity contribution is -0.167. The van der Waals surface area contributed by atoms with E-state index in [0.29, 0.717) is 19.3 Å². The molecule has 6 heteroatoms. The average Bonchev–Trinajstić information content (AvgIpc) is 3.35. The van der Waals surface area contributed by atoms with Crippen molar-refractivity contribution < 1.29 is 28.6 Å². The van der Waals surface area contributed by atoms with E-state index in [1.165, 1.54) is 57.8 Å². The third-order valence-electron chi connectivity index (χ3n) is 11.4. The molecule has 0 N–H and O–H groups in total. The van der Waals surface area contributed by atoms with Crippen LogP contribution in [0.25, 0.3) is 0 Å². The maximum atomic E-state index is 12.7. The number of hydrogen-bond acceptors (Lipinski definition) is 6. The number of ether oxygens (including phenoxy) is 3. The van der Waals surface area contributed by atoms with Crippen LogP contribution in [0.15, 0.2) is 122 Å². The fourth-order valence-electron chi connectivity index (χ4n) is 7.26. The minimum absolute atomic E-state index is 0.0928. The van der Waals surface area contributed by atoms with Gasteiger partial charge >= 0.3 is 17.9 Å². The molecule has 0 aromatic carbocycles. The summed E-state index contributed by atoms with van der Waals surface area (Å²) in [5.74, 6) is -0.946. The fraction of sp³-hybridized carbons (Fsp3) is 0.635. The zero-order valence-electron chi connectivity index (χ0n) is 44.5. The predicted molar refractivity (Wildman–Crippen MR) is 297 cm³/mol. The van der Waals surface area contributed by atoms with Gasteiger partial charge in [0.05, 0.1) is 0 Å². The first kappa shape index (κ1) is 64.8. The number of carbonyl (C=O) groups excluding carboxylic acids is 3. The van der Waals surface area contributed by atoms with Crippen LogP contribution in [0.3, 0.4) is 0 Å². The second-order valence-corrected chi connectivity index (χ2v) is 18.1. The monoisotopic (exact) mass is 955 g/mol. The van der Waals surface area contributed by atoms with Crippen molar-refractivity contribution in [1.82, 2.24) is 0 Å². The van der Waals surface area contributed by atoms with E-state index < -0.39 is 6.10 Å². The molecule has 0 saturated heterocycles. The SMILES string of the molecule is CC/C=C\C/C=C\C/C=C\C/C=C\C/C=C\C/C=C\C/C=C\C/C=C\C/C=C\CCCCCC(=O)OCC(COC(=O)CCCCCCCCCCCC)OC(=O)CCCCCCC/C=C\CCC. The van der Waals surface area contributed by atoms with E-state index in [4.69, 9.17) is 14.2 Å². The van der Waals surface area contributed by atoms with Crippen LogP contribution in [0.5, 0.6) is 0 Å². The van der Waals surface area contributed by atoms with E-state index in [2.05, 4.69) is 142 Å². The Balaban J connectivity index is 4.26. The van der Waals surface area contributed by atoms with E-state index in [1.54, 1.807) is 0 Å². The van der Waals surface area contributed by atoms with Crippen LogP contribution in [0, 0.1) is 0 Å². The molecule has 0 aromatic rings. The highest BCUT2D eigenvalue weighted by Crippen LogP contribution is 2.14. The molecule has 0 aromatic heterocycles. The molecule has 0 aliphatic carbocycles. The van der Waals surface area contributed by atoms with E-state index in [9.17, 15) is 14.4 Å². The predicted octanol–water partition coefficient (Wildman–Crippen LogP) is 18.9. The van der Waals surface area contributed by atoms with Gasteiger partial charge in [0, 0.05) is 19.3 Å². The van der Waals surface area contributed by atoms with Gasteiger partial charge < -0.3 is 14.2 Å². The Morgan fingerprint density at radius 1 is 0.304 bits per heavy atom. The Hall–Kier alpha value is -4.19. The van der Waals surface area contributed by atoms with Gasteiger partial charge in [-0.3, -0.25) is 14.4 Å². The van der Waals surface area contributed by atoms with Crippen LogP contribution in [0.2, 0.25) is 0 Å². The Morgan fingerprint density at radius 3 is 0.971 bits per heavy atom. The molecule has 0 heterocycles. The minimum atomic E-state index is -0.795. The van der Waals surface area contributed by atoms with E-state index >= 15 is 0 Å². The summed E-state index contributed by atoms with van der Waals surface area (Å²) in [6.45, 7) is 6.40. The van der Waals surface area contributed by atoms with Gasteiger partial charge in [-0.15, -0.1) is 0 Å². The van der Waals surface area contributed by atoms with Gasteiger partial charge in [-0.2, -0.15) is 0 Å². The summed E-state index contributed by atoms with van der Waals surface area (Å²) in [4.78, 5) is 37.9. The largest absolute Gasteiger partial charge is 0.462 e. The first-order chi connectivity index (χ1) is 34.0. The second-order valence-electron chi connectivity index (χ2n) is 18.1. The van der Waals surface area contributed by atoms with Crippen LogP contribution in [0.1, 0.15) is 239 Å². The number of unbranched alkanes of at least 4 members (excludes halogenated alkanes) is 18. The highest BCUT2D eigenvalue weighted by Gasteiger charge is 2.19. The molecule has 0 rings (SSSR count). The van der Waals surface area contributed by atoms with Crippen molar-refractivity contribution in [2.45, 2.75) is 245 Å². The van der Waals surface area contributed by atoms with Crippen molar-refractivity contribution in [3.05, 3.63) is 122 Å². The van der Waals surface area contributed by atoms with Crippen molar-refractivity contribution in [2.75, 3.05) is 13.2 Å². The normalized spacial score (nSPS) is 13.0. The Bertz CT molecular complexity index is 1470. The summed E-state index contributed by atoms with van der Waals surface area (Å²) in [5.41, 5.74) is 0. The number of rotatable bonds is 49. The summed E-state index contributed by atoms with van der Waals surface area (Å²) in [7, 11) is 0. The van der Waals surface area contributed by atoms with E-state index in [0.717, 1.165) is 141 Å². The van der Waals surface area contributed by atoms with Gasteiger partial charge in [0.15, 0.2) is 6.10 Å². The lowest BCUT2D eigenvalue weighted by Gasteiger charge is -2.18. The van der Waals surface area contributed by atoms with Crippen molar-refractivity contribution in [2.24, 2.45) is 0 Å². The Morgan fingerprint density at radius 2 is 0.594 bits per heavy atom. The molecule has 0 bridgehead atoms. The van der Waals surface area contributed by atoms with Crippen LogP contribution in [-0.4, -0.2) is 37.2 Å². The smallest absolute Gasteiger partial charge is 0.306 e. The van der Waals surface area contributed by atoms with Crippen molar-refractivity contribution in [3.63, 3.8) is 0 Å². The molecule has 0 radical (unpaired) electrons. The zero-order chi connectivity index (χ0) is 50.0. The van der Waals surface area contributed by atoms with Crippen molar-refractivity contribution in [3.8, 4) is 0 Å². The van der Waals surface area contributed by atoms with Gasteiger partial charge in [-0.05, 0) is 109 Å². The maximum absolute atomic E-state index is 12.7. The van der Waals surface area contributed by atoms with Crippen LogP contribution >= 0.6 is 0 Å². The maximum Gasteiger partial charge on any atom is 0.306 e. The van der Waals surface area contributed by atoms with E-state index in [-0.39, 0.29) is 31.1 Å². The third kappa shape index (κ3) is 54.6. The third-order valence-corrected chi connectivity index (χ3v) is 11.4. The number of carbonyl (C=O) groups is 3. The molecule has 0 amide bonds.